The summed E-state index contributed by atoms with van der Waals surface area (Å²) < 4.78 is 5.96. The van der Waals surface area contributed by atoms with Gasteiger partial charge in [-0.3, -0.25) is 0 Å². The lowest BCUT2D eigenvalue weighted by Crippen LogP contribution is -2.55. The number of hydrogen-bond donors (Lipinski definition) is 1. The summed E-state index contributed by atoms with van der Waals surface area (Å²) in [4.78, 5) is 0. The highest BCUT2D eigenvalue weighted by Gasteiger charge is 2.47. The average molecular weight is 229 g/mol. The molecule has 0 aromatic rings. The zero-order valence-corrected chi connectivity index (χ0v) is 12.3. The van der Waals surface area contributed by atoms with E-state index in [0.29, 0.717) is 0 Å². The Hall–Kier alpha value is 0.354. The summed E-state index contributed by atoms with van der Waals surface area (Å²) in [5, 5.41) is 6.66. The quantitative estimate of drug-likeness (QED) is 0.746. The van der Waals surface area contributed by atoms with Crippen molar-refractivity contribution in [1.29, 1.82) is 0 Å². The molecule has 2 fully saturated rings. The van der Waals surface area contributed by atoms with Crippen LogP contribution in [0.5, 0.6) is 0 Å². The van der Waals surface area contributed by atoms with E-state index in [-0.39, 0.29) is 0 Å². The lowest BCUT2D eigenvalue weighted by atomic mass is 10.3. The van der Waals surface area contributed by atoms with E-state index in [1.807, 2.05) is 0 Å². The first-order chi connectivity index (χ1) is 6.77. The number of rotatable bonds is 3. The van der Waals surface area contributed by atoms with Crippen LogP contribution in [0.15, 0.2) is 0 Å². The van der Waals surface area contributed by atoms with Gasteiger partial charge >= 0.3 is 0 Å². The van der Waals surface area contributed by atoms with E-state index < -0.39 is 8.48 Å². The lowest BCUT2D eigenvalue weighted by Gasteiger charge is -2.36. The summed E-state index contributed by atoms with van der Waals surface area (Å²) in [6, 6.07) is 0. The van der Waals surface area contributed by atoms with Gasteiger partial charge in [0.25, 0.3) is 8.48 Å². The topological polar surface area (TPSA) is 35.2 Å². The van der Waals surface area contributed by atoms with E-state index in [0.717, 1.165) is 21.6 Å². The summed E-state index contributed by atoms with van der Waals surface area (Å²) in [6.45, 7) is 0. The van der Waals surface area contributed by atoms with Crippen molar-refractivity contribution in [2.75, 3.05) is 0 Å². The van der Waals surface area contributed by atoms with E-state index in [1.165, 1.54) is 51.4 Å². The molecule has 0 radical (unpaired) electrons. The minimum Gasteiger partial charge on any atom is -0.453 e. The van der Waals surface area contributed by atoms with Gasteiger partial charge in [0.2, 0.25) is 0 Å². The van der Waals surface area contributed by atoms with Crippen molar-refractivity contribution in [3.05, 3.63) is 0 Å². The normalized spacial score (nSPS) is 26.4. The summed E-state index contributed by atoms with van der Waals surface area (Å²) in [5.41, 5.74) is 1.59. The van der Waals surface area contributed by atoms with E-state index >= 15 is 0 Å². The van der Waals surface area contributed by atoms with Crippen LogP contribution in [0.4, 0.5) is 0 Å². The van der Waals surface area contributed by atoms with E-state index in [9.17, 15) is 0 Å². The maximum Gasteiger partial charge on any atom is 0.261 e. The molecule has 2 saturated carbocycles. The van der Waals surface area contributed by atoms with Gasteiger partial charge in [-0.05, 0) is 36.8 Å². The van der Waals surface area contributed by atoms with Crippen LogP contribution in [-0.4, -0.2) is 19.0 Å². The molecule has 0 amide bonds. The van der Waals surface area contributed by atoms with Crippen molar-refractivity contribution in [3.63, 3.8) is 0 Å². The van der Waals surface area contributed by atoms with Crippen LogP contribution in [0.25, 0.3) is 0 Å². The molecule has 0 bridgehead atoms. The third kappa shape index (κ3) is 1.85. The molecule has 0 atom stereocenters. The molecule has 0 spiro atoms. The van der Waals surface area contributed by atoms with Gasteiger partial charge in [0.15, 0.2) is 0 Å². The van der Waals surface area contributed by atoms with Crippen LogP contribution in [0.2, 0.25) is 11.1 Å². The summed E-state index contributed by atoms with van der Waals surface area (Å²) >= 11 is 0. The van der Waals surface area contributed by atoms with Crippen molar-refractivity contribution < 1.29 is 4.12 Å². The van der Waals surface area contributed by atoms with Crippen LogP contribution in [0.1, 0.15) is 51.4 Å². The van der Waals surface area contributed by atoms with E-state index in [1.54, 1.807) is 0 Å². The molecular formula is C10H23NOSi2. The summed E-state index contributed by atoms with van der Waals surface area (Å²) in [7, 11) is -0.943. The fourth-order valence-corrected chi connectivity index (χ4v) is 9.38. The second-order valence-corrected chi connectivity index (χ2v) is 9.99. The second-order valence-electron chi connectivity index (χ2n) is 5.02. The third-order valence-electron chi connectivity index (χ3n) is 4.34. The van der Waals surface area contributed by atoms with Gasteiger partial charge in [-0.15, -0.1) is 0 Å². The Morgan fingerprint density at radius 2 is 1.29 bits per heavy atom. The molecule has 0 aromatic carbocycles. The molecule has 0 saturated heterocycles. The maximum atomic E-state index is 6.66. The van der Waals surface area contributed by atoms with Crippen molar-refractivity contribution in [2.45, 2.75) is 62.4 Å². The molecule has 0 aliphatic heterocycles. The van der Waals surface area contributed by atoms with Crippen molar-refractivity contribution in [1.82, 2.24) is 0 Å². The molecular weight excluding hydrogens is 206 g/mol. The smallest absolute Gasteiger partial charge is 0.261 e. The van der Waals surface area contributed by atoms with Crippen LogP contribution in [0.3, 0.4) is 0 Å². The van der Waals surface area contributed by atoms with Crippen LogP contribution in [-0.2, 0) is 4.12 Å². The van der Waals surface area contributed by atoms with Gasteiger partial charge in [-0.1, -0.05) is 25.7 Å². The zero-order chi connectivity index (χ0) is 10.0. The van der Waals surface area contributed by atoms with Crippen LogP contribution >= 0.6 is 0 Å². The van der Waals surface area contributed by atoms with Gasteiger partial charge in [0.05, 0.1) is 0 Å². The molecule has 2 aliphatic carbocycles. The Balaban J connectivity index is 2.06. The first-order valence-electron chi connectivity index (χ1n) is 6.11. The first kappa shape index (κ1) is 10.9. The van der Waals surface area contributed by atoms with Gasteiger partial charge in [-0.25, -0.2) is 0 Å². The Labute approximate surface area is 91.3 Å². The number of nitrogens with two attached hydrogens (primary N) is 1. The van der Waals surface area contributed by atoms with E-state index in [2.05, 4.69) is 0 Å². The molecule has 14 heavy (non-hydrogen) atoms. The van der Waals surface area contributed by atoms with Crippen LogP contribution < -0.4 is 5.40 Å². The molecule has 0 aromatic heterocycles. The van der Waals surface area contributed by atoms with Crippen molar-refractivity contribution >= 4 is 19.0 Å². The highest BCUT2D eigenvalue weighted by Crippen LogP contribution is 2.47. The molecule has 4 heteroatoms. The Kier molecular flexibility index (Phi) is 3.47. The fourth-order valence-electron chi connectivity index (χ4n) is 3.42. The summed E-state index contributed by atoms with van der Waals surface area (Å²) in [6.07, 6.45) is 11.0. The van der Waals surface area contributed by atoms with Gasteiger partial charge in [0.1, 0.15) is 10.5 Å². The molecule has 0 unspecified atom stereocenters. The molecule has 82 valence electrons. The summed E-state index contributed by atoms with van der Waals surface area (Å²) in [5.74, 6) is 0. The van der Waals surface area contributed by atoms with Gasteiger partial charge in [-0.2, -0.15) is 0 Å². The third-order valence-corrected chi connectivity index (χ3v) is 10.9. The predicted octanol–water partition coefficient (Wildman–Crippen LogP) is 1.57. The molecule has 2 aliphatic rings. The van der Waals surface area contributed by atoms with Crippen molar-refractivity contribution in [3.8, 4) is 0 Å². The molecule has 2 nitrogen and oxygen atoms in total. The van der Waals surface area contributed by atoms with Crippen molar-refractivity contribution in [2.24, 2.45) is 5.40 Å². The fraction of sp³-hybridized carbons (Fsp3) is 1.00. The molecule has 2 N–H and O–H groups in total. The standard InChI is InChI=1S/C10H23NOSi2/c11-14(12-13,9-5-1-2-6-9)10-7-3-4-8-10/h9-10H,1-8,11H2,13H3. The minimum absolute atomic E-state index is 0.795. The zero-order valence-electron chi connectivity index (χ0n) is 9.30. The lowest BCUT2D eigenvalue weighted by molar-refractivity contribution is 0.513. The largest absolute Gasteiger partial charge is 0.453 e. The van der Waals surface area contributed by atoms with Gasteiger partial charge in [0, 0.05) is 0 Å². The maximum absolute atomic E-state index is 6.66. The SMILES string of the molecule is N[Si](O[SiH3])(C1CCCC1)C1CCCC1. The highest BCUT2D eigenvalue weighted by atomic mass is 28.4. The Morgan fingerprint density at radius 1 is 0.929 bits per heavy atom. The Morgan fingerprint density at radius 3 is 1.57 bits per heavy atom. The first-order valence-corrected chi connectivity index (χ1v) is 9.07. The predicted molar refractivity (Wildman–Crippen MR) is 65.4 cm³/mol. The number of hydrogen-bond acceptors (Lipinski definition) is 2. The monoisotopic (exact) mass is 229 g/mol. The second kappa shape index (κ2) is 4.47. The van der Waals surface area contributed by atoms with Crippen LogP contribution in [0, 0.1) is 0 Å². The molecule has 0 heterocycles. The minimum atomic E-state index is -1.80. The van der Waals surface area contributed by atoms with E-state index in [4.69, 9.17) is 9.51 Å². The Bertz CT molecular complexity index is 173. The molecule has 2 rings (SSSR count). The average Bonchev–Trinajstić information content (AvgIpc) is 2.88. The van der Waals surface area contributed by atoms with Gasteiger partial charge < -0.3 is 9.51 Å². The highest BCUT2D eigenvalue weighted by molar-refractivity contribution is 6.76.